The normalized spacial score (nSPS) is 20.9. The zero-order chi connectivity index (χ0) is 10.8. The third kappa shape index (κ3) is 1.95. The van der Waals surface area contributed by atoms with Crippen molar-refractivity contribution in [1.82, 2.24) is 9.66 Å². The van der Waals surface area contributed by atoms with E-state index in [2.05, 4.69) is 11.9 Å². The number of rotatable bonds is 2. The molecule has 1 atom stereocenters. The Morgan fingerprint density at radius 2 is 2.47 bits per heavy atom. The van der Waals surface area contributed by atoms with Crippen LogP contribution >= 0.6 is 0 Å². The lowest BCUT2D eigenvalue weighted by molar-refractivity contribution is 0.544. The molecule has 15 heavy (non-hydrogen) atoms. The molecule has 1 unspecified atom stereocenters. The SMILES string of the molecule is CCC1CCN(n2ccc(N)nc2=O)C1. The Labute approximate surface area is 88.5 Å². The van der Waals surface area contributed by atoms with Gasteiger partial charge in [0.15, 0.2) is 0 Å². The van der Waals surface area contributed by atoms with Crippen LogP contribution in [0.3, 0.4) is 0 Å². The second-order valence-electron chi connectivity index (χ2n) is 3.96. The number of nitrogen functional groups attached to an aromatic ring is 1. The van der Waals surface area contributed by atoms with E-state index in [0.29, 0.717) is 5.92 Å². The summed E-state index contributed by atoms with van der Waals surface area (Å²) in [7, 11) is 0. The molecule has 1 aromatic rings. The second kappa shape index (κ2) is 3.92. The molecule has 0 bridgehead atoms. The van der Waals surface area contributed by atoms with Gasteiger partial charge in [-0.1, -0.05) is 13.3 Å². The fraction of sp³-hybridized carbons (Fsp3) is 0.600. The number of aromatic nitrogens is 2. The summed E-state index contributed by atoms with van der Waals surface area (Å²) in [5.41, 5.74) is 5.15. The van der Waals surface area contributed by atoms with Gasteiger partial charge in [-0.2, -0.15) is 4.98 Å². The monoisotopic (exact) mass is 208 g/mol. The zero-order valence-electron chi connectivity index (χ0n) is 8.89. The Morgan fingerprint density at radius 3 is 3.07 bits per heavy atom. The van der Waals surface area contributed by atoms with Crippen LogP contribution in [0.1, 0.15) is 19.8 Å². The highest BCUT2D eigenvalue weighted by Gasteiger charge is 2.21. The van der Waals surface area contributed by atoms with Gasteiger partial charge in [0.25, 0.3) is 0 Å². The first-order valence-corrected chi connectivity index (χ1v) is 5.31. The Balaban J connectivity index is 2.20. The molecule has 0 saturated carbocycles. The smallest absolute Gasteiger partial charge is 0.368 e. The van der Waals surface area contributed by atoms with E-state index in [-0.39, 0.29) is 11.5 Å². The van der Waals surface area contributed by atoms with Crippen molar-refractivity contribution in [3.8, 4) is 0 Å². The van der Waals surface area contributed by atoms with Crippen LogP contribution in [0.4, 0.5) is 5.82 Å². The van der Waals surface area contributed by atoms with Crippen LogP contribution in [0.5, 0.6) is 0 Å². The minimum Gasteiger partial charge on any atom is -0.383 e. The molecule has 1 saturated heterocycles. The Kier molecular flexibility index (Phi) is 2.62. The van der Waals surface area contributed by atoms with Crippen molar-refractivity contribution in [3.05, 3.63) is 22.7 Å². The molecule has 5 heteroatoms. The highest BCUT2D eigenvalue weighted by Crippen LogP contribution is 2.16. The molecule has 1 aromatic heterocycles. The molecule has 2 N–H and O–H groups in total. The van der Waals surface area contributed by atoms with E-state index in [0.717, 1.165) is 25.9 Å². The Hall–Kier alpha value is -1.52. The minimum absolute atomic E-state index is 0.280. The third-order valence-electron chi connectivity index (χ3n) is 2.95. The summed E-state index contributed by atoms with van der Waals surface area (Å²) in [4.78, 5) is 15.3. The average molecular weight is 208 g/mol. The van der Waals surface area contributed by atoms with E-state index in [4.69, 9.17) is 5.73 Å². The molecule has 0 spiro atoms. The van der Waals surface area contributed by atoms with Gasteiger partial charge in [-0.25, -0.2) is 9.47 Å². The lowest BCUT2D eigenvalue weighted by Crippen LogP contribution is -2.41. The van der Waals surface area contributed by atoms with Gasteiger partial charge in [-0.15, -0.1) is 0 Å². The van der Waals surface area contributed by atoms with E-state index < -0.39 is 0 Å². The largest absolute Gasteiger partial charge is 0.383 e. The summed E-state index contributed by atoms with van der Waals surface area (Å²) < 4.78 is 1.56. The number of nitrogens with two attached hydrogens (primary N) is 1. The molecule has 0 aromatic carbocycles. The first kappa shape index (κ1) is 10.0. The predicted octanol–water partition coefficient (Wildman–Crippen LogP) is 0.193. The van der Waals surface area contributed by atoms with Crippen LogP contribution in [0.15, 0.2) is 17.1 Å². The van der Waals surface area contributed by atoms with E-state index in [1.165, 1.54) is 0 Å². The van der Waals surface area contributed by atoms with Gasteiger partial charge in [0, 0.05) is 19.3 Å². The zero-order valence-corrected chi connectivity index (χ0v) is 8.89. The predicted molar refractivity (Wildman–Crippen MR) is 59.3 cm³/mol. The van der Waals surface area contributed by atoms with E-state index in [1.54, 1.807) is 16.9 Å². The molecule has 0 aliphatic carbocycles. The van der Waals surface area contributed by atoms with Gasteiger partial charge in [-0.3, -0.25) is 0 Å². The molecule has 1 fully saturated rings. The summed E-state index contributed by atoms with van der Waals surface area (Å²) in [5, 5.41) is 2.03. The van der Waals surface area contributed by atoms with Gasteiger partial charge in [0.2, 0.25) is 0 Å². The molecular weight excluding hydrogens is 192 g/mol. The maximum Gasteiger partial charge on any atom is 0.368 e. The van der Waals surface area contributed by atoms with Gasteiger partial charge in [-0.05, 0) is 18.4 Å². The Bertz CT molecular complexity index is 401. The van der Waals surface area contributed by atoms with E-state index >= 15 is 0 Å². The second-order valence-corrected chi connectivity index (χ2v) is 3.96. The Morgan fingerprint density at radius 1 is 1.67 bits per heavy atom. The first-order valence-electron chi connectivity index (χ1n) is 5.31. The maximum absolute atomic E-state index is 11.6. The highest BCUT2D eigenvalue weighted by atomic mass is 16.2. The number of anilines is 1. The van der Waals surface area contributed by atoms with E-state index in [9.17, 15) is 4.79 Å². The van der Waals surface area contributed by atoms with Crippen molar-refractivity contribution in [2.24, 2.45) is 5.92 Å². The van der Waals surface area contributed by atoms with Gasteiger partial charge in [0.05, 0.1) is 0 Å². The molecule has 1 aliphatic rings. The van der Waals surface area contributed by atoms with Gasteiger partial charge >= 0.3 is 5.69 Å². The van der Waals surface area contributed by atoms with E-state index in [1.807, 2.05) is 5.01 Å². The molecule has 0 radical (unpaired) electrons. The number of nitrogens with zero attached hydrogens (tertiary/aromatic N) is 3. The molecule has 2 rings (SSSR count). The van der Waals surface area contributed by atoms with Crippen LogP contribution in [-0.2, 0) is 0 Å². The van der Waals surface area contributed by atoms with Gasteiger partial charge in [0.1, 0.15) is 5.82 Å². The summed E-state index contributed by atoms with van der Waals surface area (Å²) in [6.07, 6.45) is 4.00. The topological polar surface area (TPSA) is 64.2 Å². The summed E-state index contributed by atoms with van der Waals surface area (Å²) in [5.74, 6) is 0.969. The lowest BCUT2D eigenvalue weighted by Gasteiger charge is -2.19. The third-order valence-corrected chi connectivity index (χ3v) is 2.95. The maximum atomic E-state index is 11.6. The molecule has 2 heterocycles. The number of hydrogen-bond acceptors (Lipinski definition) is 4. The van der Waals surface area contributed by atoms with Crippen LogP contribution in [0.2, 0.25) is 0 Å². The van der Waals surface area contributed by atoms with Crippen molar-refractivity contribution in [3.63, 3.8) is 0 Å². The minimum atomic E-state index is -0.285. The number of hydrogen-bond donors (Lipinski definition) is 1. The summed E-state index contributed by atoms with van der Waals surface area (Å²) >= 11 is 0. The molecule has 5 nitrogen and oxygen atoms in total. The summed E-state index contributed by atoms with van der Waals surface area (Å²) in [6.45, 7) is 4.03. The molecular formula is C10H16N4O. The van der Waals surface area contributed by atoms with Gasteiger partial charge < -0.3 is 10.7 Å². The summed E-state index contributed by atoms with van der Waals surface area (Å²) in [6, 6.07) is 1.65. The van der Waals surface area contributed by atoms with Crippen molar-refractivity contribution in [2.45, 2.75) is 19.8 Å². The van der Waals surface area contributed by atoms with Crippen molar-refractivity contribution >= 4 is 5.82 Å². The highest BCUT2D eigenvalue weighted by molar-refractivity contribution is 5.24. The van der Waals surface area contributed by atoms with Crippen LogP contribution in [-0.4, -0.2) is 22.7 Å². The fourth-order valence-corrected chi connectivity index (χ4v) is 1.97. The van der Waals surface area contributed by atoms with Crippen LogP contribution in [0.25, 0.3) is 0 Å². The van der Waals surface area contributed by atoms with Crippen molar-refractivity contribution < 1.29 is 0 Å². The van der Waals surface area contributed by atoms with Crippen LogP contribution < -0.4 is 16.4 Å². The van der Waals surface area contributed by atoms with Crippen LogP contribution in [0, 0.1) is 5.92 Å². The quantitative estimate of drug-likeness (QED) is 0.753. The van der Waals surface area contributed by atoms with Crippen molar-refractivity contribution in [2.75, 3.05) is 23.8 Å². The average Bonchev–Trinajstić information content (AvgIpc) is 2.66. The lowest BCUT2D eigenvalue weighted by atomic mass is 10.1. The standard InChI is InChI=1S/C10H16N4O/c1-2-8-3-5-13(7-8)14-6-4-9(11)12-10(14)15/h4,6,8H,2-3,5,7H2,1H3,(H2,11,12,15). The molecule has 0 amide bonds. The first-order chi connectivity index (χ1) is 7.20. The molecule has 1 aliphatic heterocycles. The van der Waals surface area contributed by atoms with Crippen molar-refractivity contribution in [1.29, 1.82) is 0 Å². The molecule has 82 valence electrons. The fourth-order valence-electron chi connectivity index (χ4n) is 1.97.